The van der Waals surface area contributed by atoms with Crippen molar-refractivity contribution in [1.82, 2.24) is 20.5 Å². The summed E-state index contributed by atoms with van der Waals surface area (Å²) in [6.07, 6.45) is 2.52. The number of alkyl carbamates (subject to hydrolysis) is 1. The van der Waals surface area contributed by atoms with Gasteiger partial charge in [0, 0.05) is 34.6 Å². The molecule has 224 valence electrons. The first-order valence-corrected chi connectivity index (χ1v) is 14.8. The van der Waals surface area contributed by atoms with Crippen molar-refractivity contribution in [1.29, 1.82) is 0 Å². The summed E-state index contributed by atoms with van der Waals surface area (Å²) >= 11 is 3.47. The molecule has 1 saturated carbocycles. The van der Waals surface area contributed by atoms with Crippen LogP contribution in [0.5, 0.6) is 0 Å². The van der Waals surface area contributed by atoms with Gasteiger partial charge < -0.3 is 15.8 Å². The molecule has 1 aliphatic carbocycles. The summed E-state index contributed by atoms with van der Waals surface area (Å²) in [6, 6.07) is 13.6. The maximum absolute atomic E-state index is 14.1. The zero-order valence-corrected chi connectivity index (χ0v) is 25.6. The molecule has 1 aromatic heterocycles. The van der Waals surface area contributed by atoms with E-state index in [2.05, 4.69) is 36.4 Å². The van der Waals surface area contributed by atoms with Gasteiger partial charge >= 0.3 is 11.8 Å². The third-order valence-electron chi connectivity index (χ3n) is 7.25. The standard InChI is InChI=1S/C30H37BrN6O5/c1-30(2,3)42-29(41)33-17-18-7-9-21(10-8-18)27(39)37(24(25(32)38)16-19-5-4-6-22(31)15-19)23-13-11-20(12-14-23)26-34-28(40)36-35-26/h4-6,11-15,18,21,24H,7-10,16-17H2,1-3H3,(H2,32,38)(H,33,41)(H2,34,35,36,40)/t18-,21-,24-/m0/s1. The molecule has 1 aliphatic rings. The first-order chi connectivity index (χ1) is 19.9. The summed E-state index contributed by atoms with van der Waals surface area (Å²) in [6.45, 7) is 5.92. The van der Waals surface area contributed by atoms with E-state index in [4.69, 9.17) is 10.5 Å². The van der Waals surface area contributed by atoms with Crippen LogP contribution in [-0.2, 0) is 20.7 Å². The fourth-order valence-electron chi connectivity index (χ4n) is 5.21. The van der Waals surface area contributed by atoms with E-state index in [0.717, 1.165) is 22.9 Å². The van der Waals surface area contributed by atoms with Gasteiger partial charge in [-0.25, -0.2) is 14.7 Å². The Bertz CT molecular complexity index is 1450. The molecule has 3 amide bonds. The van der Waals surface area contributed by atoms with Crippen LogP contribution in [0.2, 0.25) is 0 Å². The van der Waals surface area contributed by atoms with Crippen molar-refractivity contribution < 1.29 is 19.1 Å². The highest BCUT2D eigenvalue weighted by molar-refractivity contribution is 9.10. The molecule has 1 atom stereocenters. The minimum atomic E-state index is -0.922. The van der Waals surface area contributed by atoms with Crippen LogP contribution in [0.15, 0.2) is 57.8 Å². The average Bonchev–Trinajstić information content (AvgIpc) is 3.37. The van der Waals surface area contributed by atoms with Crippen molar-refractivity contribution in [2.45, 2.75) is 64.5 Å². The average molecular weight is 642 g/mol. The van der Waals surface area contributed by atoms with Gasteiger partial charge in [0.25, 0.3) is 0 Å². The molecule has 2 aromatic carbocycles. The van der Waals surface area contributed by atoms with E-state index in [1.807, 2.05) is 45.0 Å². The van der Waals surface area contributed by atoms with Gasteiger partial charge in [0.2, 0.25) is 11.8 Å². The van der Waals surface area contributed by atoms with E-state index in [1.165, 1.54) is 4.90 Å². The van der Waals surface area contributed by atoms with E-state index < -0.39 is 29.3 Å². The normalized spacial score (nSPS) is 17.7. The molecule has 1 fully saturated rings. The number of aromatic amines is 2. The molecule has 0 unspecified atom stereocenters. The highest BCUT2D eigenvalue weighted by Gasteiger charge is 2.36. The van der Waals surface area contributed by atoms with E-state index in [0.29, 0.717) is 36.5 Å². The first-order valence-electron chi connectivity index (χ1n) is 14.0. The van der Waals surface area contributed by atoms with Crippen molar-refractivity contribution in [3.05, 3.63) is 69.1 Å². The molecular formula is C30H37BrN6O5. The lowest BCUT2D eigenvalue weighted by atomic mass is 9.81. The molecule has 11 nitrogen and oxygen atoms in total. The third kappa shape index (κ3) is 8.31. The molecule has 42 heavy (non-hydrogen) atoms. The second kappa shape index (κ2) is 13.4. The largest absolute Gasteiger partial charge is 0.444 e. The van der Waals surface area contributed by atoms with Gasteiger partial charge in [-0.3, -0.25) is 19.5 Å². The molecule has 3 aromatic rings. The van der Waals surface area contributed by atoms with E-state index in [-0.39, 0.29) is 24.2 Å². The molecule has 0 spiro atoms. The lowest BCUT2D eigenvalue weighted by Crippen LogP contribution is -2.52. The number of nitrogens with two attached hydrogens (primary N) is 1. The van der Waals surface area contributed by atoms with Crippen LogP contribution in [0.25, 0.3) is 11.4 Å². The van der Waals surface area contributed by atoms with E-state index in [1.54, 1.807) is 24.3 Å². The molecule has 0 aliphatic heterocycles. The van der Waals surface area contributed by atoms with Crippen molar-refractivity contribution >= 4 is 39.5 Å². The number of rotatable bonds is 9. The zero-order chi connectivity index (χ0) is 30.4. The smallest absolute Gasteiger partial charge is 0.407 e. The molecule has 4 rings (SSSR count). The van der Waals surface area contributed by atoms with Crippen LogP contribution >= 0.6 is 15.9 Å². The number of nitrogens with zero attached hydrogens (tertiary/aromatic N) is 2. The number of carbonyl (C=O) groups is 3. The minimum Gasteiger partial charge on any atom is -0.444 e. The molecule has 1 heterocycles. The second-order valence-corrected chi connectivity index (χ2v) is 12.5. The number of nitrogens with one attached hydrogen (secondary N) is 3. The lowest BCUT2D eigenvalue weighted by Gasteiger charge is -2.36. The number of halogens is 1. The van der Waals surface area contributed by atoms with Crippen molar-refractivity contribution in [2.24, 2.45) is 17.6 Å². The highest BCUT2D eigenvalue weighted by Crippen LogP contribution is 2.33. The van der Waals surface area contributed by atoms with E-state index in [9.17, 15) is 19.2 Å². The van der Waals surface area contributed by atoms with Gasteiger partial charge in [0.1, 0.15) is 11.6 Å². The van der Waals surface area contributed by atoms with Crippen LogP contribution < -0.4 is 21.6 Å². The number of primary amides is 1. The number of amides is 3. The quantitative estimate of drug-likeness (QED) is 0.273. The van der Waals surface area contributed by atoms with Crippen molar-refractivity contribution in [3.63, 3.8) is 0 Å². The molecule has 0 saturated heterocycles. The minimum absolute atomic E-state index is 0.173. The van der Waals surface area contributed by atoms with Crippen LogP contribution in [0.1, 0.15) is 52.0 Å². The Morgan fingerprint density at radius 2 is 1.81 bits per heavy atom. The molecule has 12 heteroatoms. The van der Waals surface area contributed by atoms with Crippen LogP contribution in [0.3, 0.4) is 0 Å². The monoisotopic (exact) mass is 640 g/mol. The number of carbonyl (C=O) groups excluding carboxylic acids is 3. The first kappa shape index (κ1) is 31.0. The second-order valence-electron chi connectivity index (χ2n) is 11.6. The SMILES string of the molecule is CC(C)(C)OC(=O)NC[C@H]1CC[C@H](C(=O)N(c2ccc(-c3n[nH]c(=O)[nH]3)cc2)[C@@H](Cc2cccc(Br)c2)C(N)=O)CC1. The van der Waals surface area contributed by atoms with E-state index >= 15 is 0 Å². The van der Waals surface area contributed by atoms with Crippen molar-refractivity contribution in [2.75, 3.05) is 11.4 Å². The van der Waals surface area contributed by atoms with Gasteiger partial charge in [-0.05, 0) is 94.3 Å². The Hall–Kier alpha value is -3.93. The van der Waals surface area contributed by atoms with Gasteiger partial charge in [0.15, 0.2) is 5.82 Å². The summed E-state index contributed by atoms with van der Waals surface area (Å²) < 4.78 is 6.19. The number of anilines is 1. The summed E-state index contributed by atoms with van der Waals surface area (Å²) in [5.74, 6) is -0.510. The summed E-state index contributed by atoms with van der Waals surface area (Å²) in [7, 11) is 0. The molecule has 5 N–H and O–H groups in total. The van der Waals surface area contributed by atoms with Crippen LogP contribution in [0.4, 0.5) is 10.5 Å². The summed E-state index contributed by atoms with van der Waals surface area (Å²) in [5, 5.41) is 9.13. The Morgan fingerprint density at radius 3 is 2.38 bits per heavy atom. The number of aromatic nitrogens is 3. The fourth-order valence-corrected chi connectivity index (χ4v) is 5.65. The number of H-pyrrole nitrogens is 2. The summed E-state index contributed by atoms with van der Waals surface area (Å²) in [4.78, 5) is 54.8. The summed E-state index contributed by atoms with van der Waals surface area (Å²) in [5.41, 5.74) is 6.96. The topological polar surface area (TPSA) is 163 Å². The fraction of sp³-hybridized carbons (Fsp3) is 0.433. The Labute approximate surface area is 252 Å². The molecule has 0 radical (unpaired) electrons. The highest BCUT2D eigenvalue weighted by atomic mass is 79.9. The maximum atomic E-state index is 14.1. The molecular weight excluding hydrogens is 604 g/mol. The number of benzene rings is 2. The Balaban J connectivity index is 1.53. The van der Waals surface area contributed by atoms with Gasteiger partial charge in [-0.15, -0.1) is 0 Å². The third-order valence-corrected chi connectivity index (χ3v) is 7.74. The maximum Gasteiger partial charge on any atom is 0.407 e. The predicted molar refractivity (Wildman–Crippen MR) is 163 cm³/mol. The zero-order valence-electron chi connectivity index (χ0n) is 24.0. The van der Waals surface area contributed by atoms with Gasteiger partial charge in [-0.1, -0.05) is 28.1 Å². The Kier molecular flexibility index (Phi) is 9.87. The van der Waals surface area contributed by atoms with Crippen LogP contribution in [0, 0.1) is 11.8 Å². The lowest BCUT2D eigenvalue weighted by molar-refractivity contribution is -0.127. The van der Waals surface area contributed by atoms with Gasteiger partial charge in [-0.2, -0.15) is 5.10 Å². The Morgan fingerprint density at radius 1 is 1.12 bits per heavy atom. The number of hydrogen-bond acceptors (Lipinski definition) is 6. The molecule has 0 bridgehead atoms. The van der Waals surface area contributed by atoms with Gasteiger partial charge in [0.05, 0.1) is 0 Å². The van der Waals surface area contributed by atoms with Crippen molar-refractivity contribution in [3.8, 4) is 11.4 Å². The number of ether oxygens (including phenoxy) is 1. The predicted octanol–water partition coefficient (Wildman–Crippen LogP) is 4.29. The van der Waals surface area contributed by atoms with Crippen LogP contribution in [-0.4, -0.2) is 51.3 Å². The number of hydrogen-bond donors (Lipinski definition) is 4.